The van der Waals surface area contributed by atoms with Gasteiger partial charge in [-0.25, -0.2) is 4.98 Å². The number of nitrogens with two attached hydrogens (primary N) is 1. The third-order valence-electron chi connectivity index (χ3n) is 4.68. The second kappa shape index (κ2) is 4.72. The fourth-order valence-corrected chi connectivity index (χ4v) is 3.92. The topological polar surface area (TPSA) is 65.2 Å². The Morgan fingerprint density at radius 2 is 2.29 bits per heavy atom. The Kier molecular flexibility index (Phi) is 3.12. The largest absolute Gasteiger partial charge is 0.481 e. The molecule has 0 unspecified atom stereocenters. The van der Waals surface area contributed by atoms with Crippen LogP contribution in [0.2, 0.25) is 0 Å². The van der Waals surface area contributed by atoms with E-state index in [4.69, 9.17) is 10.5 Å². The van der Waals surface area contributed by atoms with Crippen molar-refractivity contribution in [3.8, 4) is 5.88 Å². The fraction of sp³-hybridized carbons (Fsp3) is 0.412. The number of carbonyl (C=O) groups is 1. The molecule has 0 aromatic carbocycles. The van der Waals surface area contributed by atoms with E-state index in [1.165, 1.54) is 5.57 Å². The van der Waals surface area contributed by atoms with E-state index in [1.54, 1.807) is 7.11 Å². The lowest BCUT2D eigenvalue weighted by atomic mass is 9.57. The van der Waals surface area contributed by atoms with Crippen LogP contribution in [0, 0.1) is 5.92 Å². The van der Waals surface area contributed by atoms with Crippen molar-refractivity contribution < 1.29 is 9.53 Å². The minimum absolute atomic E-state index is 0.198. The molecule has 2 aliphatic carbocycles. The van der Waals surface area contributed by atoms with Crippen molar-refractivity contribution in [2.75, 3.05) is 7.11 Å². The van der Waals surface area contributed by atoms with E-state index in [9.17, 15) is 4.79 Å². The minimum atomic E-state index is -0.745. The van der Waals surface area contributed by atoms with Gasteiger partial charge in [0.1, 0.15) is 5.41 Å². The van der Waals surface area contributed by atoms with Gasteiger partial charge < -0.3 is 10.5 Å². The Morgan fingerprint density at radius 1 is 1.52 bits per heavy atom. The third-order valence-corrected chi connectivity index (χ3v) is 4.68. The Bertz CT molecular complexity index is 675. The number of rotatable bonds is 2. The molecule has 21 heavy (non-hydrogen) atoms. The van der Waals surface area contributed by atoms with Crippen molar-refractivity contribution in [2.24, 2.45) is 11.7 Å². The van der Waals surface area contributed by atoms with E-state index < -0.39 is 5.41 Å². The van der Waals surface area contributed by atoms with Gasteiger partial charge in [0.25, 0.3) is 0 Å². The highest BCUT2D eigenvalue weighted by atomic mass is 16.5. The molecule has 0 spiro atoms. The van der Waals surface area contributed by atoms with Crippen LogP contribution in [-0.4, -0.2) is 18.0 Å². The quantitative estimate of drug-likeness (QED) is 0.847. The van der Waals surface area contributed by atoms with Gasteiger partial charge in [-0.2, -0.15) is 0 Å². The molecule has 2 aliphatic rings. The van der Waals surface area contributed by atoms with Gasteiger partial charge in [-0.05, 0) is 31.4 Å². The first-order valence-corrected chi connectivity index (χ1v) is 7.21. The fourth-order valence-electron chi connectivity index (χ4n) is 3.92. The molecule has 0 saturated heterocycles. The Balaban J connectivity index is 2.30. The summed E-state index contributed by atoms with van der Waals surface area (Å²) in [6.07, 6.45) is 5.71. The number of ether oxygens (including phenoxy) is 1. The average Bonchev–Trinajstić information content (AvgIpc) is 2.45. The van der Waals surface area contributed by atoms with Crippen molar-refractivity contribution in [2.45, 2.75) is 32.1 Å². The smallest absolute Gasteiger partial charge is 0.232 e. The first-order chi connectivity index (χ1) is 10.0. The monoisotopic (exact) mass is 284 g/mol. The van der Waals surface area contributed by atoms with Gasteiger partial charge >= 0.3 is 0 Å². The number of carbonyl (C=O) groups excluding carboxylic acids is 1. The van der Waals surface area contributed by atoms with Crippen LogP contribution in [0.25, 0.3) is 0 Å². The summed E-state index contributed by atoms with van der Waals surface area (Å²) in [4.78, 5) is 17.0. The molecule has 1 amide bonds. The summed E-state index contributed by atoms with van der Waals surface area (Å²) < 4.78 is 5.21. The second-order valence-corrected chi connectivity index (χ2v) is 5.86. The lowest BCUT2D eigenvalue weighted by molar-refractivity contribution is -0.122. The van der Waals surface area contributed by atoms with Gasteiger partial charge in [0.15, 0.2) is 0 Å². The van der Waals surface area contributed by atoms with Crippen molar-refractivity contribution in [1.82, 2.24) is 4.98 Å². The number of pyridine rings is 1. The molecule has 4 nitrogen and oxygen atoms in total. The summed E-state index contributed by atoms with van der Waals surface area (Å²) in [5.74, 6) is 0.486. The first kappa shape index (κ1) is 13.9. The predicted octanol–water partition coefficient (Wildman–Crippen LogP) is 2.28. The van der Waals surface area contributed by atoms with E-state index in [1.807, 2.05) is 25.1 Å². The van der Waals surface area contributed by atoms with Crippen LogP contribution >= 0.6 is 0 Å². The number of allylic oxidation sites excluding steroid dienone is 3. The number of fused-ring (bicyclic) bond motifs is 4. The van der Waals surface area contributed by atoms with Gasteiger partial charge in [0.05, 0.1) is 7.11 Å². The maximum Gasteiger partial charge on any atom is 0.232 e. The highest BCUT2D eigenvalue weighted by Gasteiger charge is 2.51. The van der Waals surface area contributed by atoms with Crippen LogP contribution in [0.15, 0.2) is 35.4 Å². The number of methoxy groups -OCH3 is 1. The average molecular weight is 284 g/mol. The summed E-state index contributed by atoms with van der Waals surface area (Å²) in [7, 11) is 1.60. The van der Waals surface area contributed by atoms with Crippen molar-refractivity contribution in [3.63, 3.8) is 0 Å². The maximum absolute atomic E-state index is 12.4. The molecular formula is C17H20N2O2. The molecule has 2 N–H and O–H groups in total. The first-order valence-electron chi connectivity index (χ1n) is 7.21. The highest BCUT2D eigenvalue weighted by Crippen LogP contribution is 2.51. The SMILES string of the molecule is CC=C1[C@H]2C=C(C)C[C@]1(C(N)=O)c1ccc(OC)nc1C2. The van der Waals surface area contributed by atoms with E-state index in [0.717, 1.165) is 23.3 Å². The van der Waals surface area contributed by atoms with Crippen molar-refractivity contribution >= 4 is 5.91 Å². The van der Waals surface area contributed by atoms with Gasteiger partial charge in [0.2, 0.25) is 11.8 Å². The number of hydrogen-bond acceptors (Lipinski definition) is 3. The van der Waals surface area contributed by atoms with Crippen LogP contribution in [0.4, 0.5) is 0 Å². The van der Waals surface area contributed by atoms with Crippen LogP contribution in [-0.2, 0) is 16.6 Å². The molecule has 1 aromatic rings. The molecule has 110 valence electrons. The zero-order chi connectivity index (χ0) is 15.2. The van der Waals surface area contributed by atoms with Crippen LogP contribution < -0.4 is 10.5 Å². The van der Waals surface area contributed by atoms with Gasteiger partial charge in [0, 0.05) is 24.1 Å². The van der Waals surface area contributed by atoms with Crippen molar-refractivity contribution in [1.29, 1.82) is 0 Å². The molecule has 2 bridgehead atoms. The molecule has 1 heterocycles. The normalized spacial score (nSPS) is 28.8. The summed E-state index contributed by atoms with van der Waals surface area (Å²) in [5.41, 5.74) is 9.30. The van der Waals surface area contributed by atoms with E-state index in [-0.39, 0.29) is 11.8 Å². The molecule has 4 heteroatoms. The summed E-state index contributed by atoms with van der Waals surface area (Å²) in [6.45, 7) is 4.05. The molecule has 0 saturated carbocycles. The summed E-state index contributed by atoms with van der Waals surface area (Å²) >= 11 is 0. The summed E-state index contributed by atoms with van der Waals surface area (Å²) in [6, 6.07) is 3.76. The number of nitrogens with zero attached hydrogens (tertiary/aromatic N) is 1. The van der Waals surface area contributed by atoms with E-state index in [2.05, 4.69) is 18.0 Å². The van der Waals surface area contributed by atoms with E-state index in [0.29, 0.717) is 12.3 Å². The predicted molar refractivity (Wildman–Crippen MR) is 81.0 cm³/mol. The Hall–Kier alpha value is -2.10. The number of hydrogen-bond donors (Lipinski definition) is 1. The number of amides is 1. The van der Waals surface area contributed by atoms with Crippen molar-refractivity contribution in [3.05, 3.63) is 46.7 Å². The molecule has 2 atom stereocenters. The molecule has 0 fully saturated rings. The van der Waals surface area contributed by atoms with Gasteiger partial charge in [-0.15, -0.1) is 0 Å². The van der Waals surface area contributed by atoms with E-state index >= 15 is 0 Å². The van der Waals surface area contributed by atoms with Gasteiger partial charge in [-0.1, -0.05) is 23.8 Å². The molecular weight excluding hydrogens is 264 g/mol. The second-order valence-electron chi connectivity index (χ2n) is 5.86. The van der Waals surface area contributed by atoms with Crippen LogP contribution in [0.1, 0.15) is 31.5 Å². The lowest BCUT2D eigenvalue weighted by Gasteiger charge is -2.45. The molecule has 0 radical (unpaired) electrons. The van der Waals surface area contributed by atoms with Crippen LogP contribution in [0.5, 0.6) is 5.88 Å². The maximum atomic E-state index is 12.4. The Morgan fingerprint density at radius 3 is 2.90 bits per heavy atom. The number of primary amides is 1. The highest BCUT2D eigenvalue weighted by molar-refractivity contribution is 5.92. The number of aromatic nitrogens is 1. The molecule has 3 rings (SSSR count). The van der Waals surface area contributed by atoms with Crippen LogP contribution in [0.3, 0.4) is 0 Å². The Labute approximate surface area is 124 Å². The molecule has 1 aromatic heterocycles. The summed E-state index contributed by atoms with van der Waals surface area (Å²) in [5, 5.41) is 0. The zero-order valence-electron chi connectivity index (χ0n) is 12.6. The molecule has 0 aliphatic heterocycles. The lowest BCUT2D eigenvalue weighted by Crippen LogP contribution is -2.50. The standard InChI is InChI=1S/C17H20N2O2/c1-4-12-11-7-10(2)9-17(12,16(18)20)13-5-6-15(21-3)19-14(13)8-11/h4-7,11H,8-9H2,1-3H3,(H2,18,20)/t11-,17+/m0/s1. The van der Waals surface area contributed by atoms with Gasteiger partial charge in [-0.3, -0.25) is 4.79 Å². The minimum Gasteiger partial charge on any atom is -0.481 e. The zero-order valence-corrected chi connectivity index (χ0v) is 12.6. The third kappa shape index (κ3) is 1.82.